The zero-order chi connectivity index (χ0) is 15.5. The minimum absolute atomic E-state index is 0.0449. The Kier molecular flexibility index (Phi) is 23.6. The summed E-state index contributed by atoms with van der Waals surface area (Å²) in [6.45, 7) is 6.82. The van der Waals surface area contributed by atoms with Crippen LogP contribution in [0.1, 0.15) is 104 Å². The van der Waals surface area contributed by atoms with Crippen LogP contribution >= 0.6 is 0 Å². The van der Waals surface area contributed by atoms with Gasteiger partial charge in [-0.15, -0.1) is 0 Å². The second-order valence-electron chi connectivity index (χ2n) is 5.76. The topological polar surface area (TPSA) is 40.5 Å². The first-order valence-electron chi connectivity index (χ1n) is 9.01. The number of hydrogen-bond acceptors (Lipinski definition) is 2. The minimum atomic E-state index is -0.0449. The first-order chi connectivity index (χ1) is 9.72. The van der Waals surface area contributed by atoms with Crippen molar-refractivity contribution < 1.29 is 10.2 Å². The molecule has 1 atom stereocenters. The molecule has 0 heterocycles. The lowest BCUT2D eigenvalue weighted by atomic mass is 10.1. The Morgan fingerprint density at radius 1 is 0.650 bits per heavy atom. The third-order valence-electron chi connectivity index (χ3n) is 3.62. The highest BCUT2D eigenvalue weighted by Gasteiger charge is 1.97. The van der Waals surface area contributed by atoms with Crippen molar-refractivity contribution in [2.75, 3.05) is 6.61 Å². The van der Waals surface area contributed by atoms with Gasteiger partial charge in [-0.25, -0.2) is 0 Å². The Balaban J connectivity index is 0. The summed E-state index contributed by atoms with van der Waals surface area (Å²) in [7, 11) is 0. The van der Waals surface area contributed by atoms with Crippen LogP contribution in [0.5, 0.6) is 0 Å². The van der Waals surface area contributed by atoms with Crippen LogP contribution in [0.4, 0.5) is 0 Å². The summed E-state index contributed by atoms with van der Waals surface area (Å²) in [6, 6.07) is 0. The molecule has 2 N–H and O–H groups in total. The maximum Gasteiger partial charge on any atom is 0.0537 e. The molecule has 0 aromatic rings. The van der Waals surface area contributed by atoms with E-state index in [-0.39, 0.29) is 6.10 Å². The van der Waals surface area contributed by atoms with Gasteiger partial charge in [0, 0.05) is 6.61 Å². The molecule has 1 unspecified atom stereocenters. The highest BCUT2D eigenvalue weighted by Crippen LogP contribution is 2.07. The largest absolute Gasteiger partial charge is 0.396 e. The second-order valence-corrected chi connectivity index (χ2v) is 5.76. The fraction of sp³-hybridized carbons (Fsp3) is 1.00. The maximum absolute atomic E-state index is 9.08. The molecule has 0 radical (unpaired) electrons. The standard InChI is InChI=1S/C10H22O.C8H18O/c1-2-3-4-5-6-7-8-9-10-11;1-3-5-6-7-8(9)4-2/h11H,2-10H2,1H3;8-9H,3-7H2,1-2H3. The van der Waals surface area contributed by atoms with Crippen LogP contribution < -0.4 is 0 Å². The monoisotopic (exact) mass is 288 g/mol. The average Bonchev–Trinajstić information content (AvgIpc) is 2.47. The van der Waals surface area contributed by atoms with Gasteiger partial charge in [0.1, 0.15) is 0 Å². The van der Waals surface area contributed by atoms with E-state index in [4.69, 9.17) is 10.2 Å². The molecule has 0 rings (SSSR count). The van der Waals surface area contributed by atoms with Crippen LogP contribution in [0.3, 0.4) is 0 Å². The highest BCUT2D eigenvalue weighted by molar-refractivity contribution is 4.51. The van der Waals surface area contributed by atoms with Crippen molar-refractivity contribution in [2.45, 2.75) is 110 Å². The van der Waals surface area contributed by atoms with Gasteiger partial charge < -0.3 is 10.2 Å². The Morgan fingerprint density at radius 3 is 1.55 bits per heavy atom. The van der Waals surface area contributed by atoms with E-state index in [1.54, 1.807) is 0 Å². The van der Waals surface area contributed by atoms with E-state index in [9.17, 15) is 0 Å². The third-order valence-corrected chi connectivity index (χ3v) is 3.62. The molecule has 0 aromatic carbocycles. The van der Waals surface area contributed by atoms with Crippen molar-refractivity contribution in [1.29, 1.82) is 0 Å². The van der Waals surface area contributed by atoms with Gasteiger partial charge in [0.05, 0.1) is 6.10 Å². The van der Waals surface area contributed by atoms with Gasteiger partial charge in [-0.3, -0.25) is 0 Å². The van der Waals surface area contributed by atoms with Gasteiger partial charge >= 0.3 is 0 Å². The lowest BCUT2D eigenvalue weighted by Gasteiger charge is -2.04. The van der Waals surface area contributed by atoms with Crippen LogP contribution in [0.15, 0.2) is 0 Å². The average molecular weight is 289 g/mol. The molecule has 0 bridgehead atoms. The number of unbranched alkanes of at least 4 members (excludes halogenated alkanes) is 9. The number of aliphatic hydroxyl groups excluding tert-OH is 2. The second kappa shape index (κ2) is 21.2. The van der Waals surface area contributed by atoms with E-state index in [0.717, 1.165) is 19.3 Å². The summed E-state index contributed by atoms with van der Waals surface area (Å²) in [5, 5.41) is 17.6. The Hall–Kier alpha value is -0.0800. The van der Waals surface area contributed by atoms with Crippen LogP contribution in [-0.2, 0) is 0 Å². The summed E-state index contributed by atoms with van der Waals surface area (Å²) >= 11 is 0. The van der Waals surface area contributed by atoms with Crippen LogP contribution in [0.2, 0.25) is 0 Å². The fourth-order valence-corrected chi connectivity index (χ4v) is 2.08. The molecule has 0 saturated carbocycles. The lowest BCUT2D eigenvalue weighted by molar-refractivity contribution is 0.156. The van der Waals surface area contributed by atoms with E-state index in [0.29, 0.717) is 6.61 Å². The summed E-state index contributed by atoms with van der Waals surface area (Å²) in [5.74, 6) is 0. The van der Waals surface area contributed by atoms with Gasteiger partial charge in [-0.2, -0.15) is 0 Å². The molecular weight excluding hydrogens is 248 g/mol. The molecule has 0 spiro atoms. The molecule has 2 nitrogen and oxygen atoms in total. The van der Waals surface area contributed by atoms with Crippen LogP contribution in [0.25, 0.3) is 0 Å². The van der Waals surface area contributed by atoms with Gasteiger partial charge in [0.15, 0.2) is 0 Å². The molecule has 124 valence electrons. The summed E-state index contributed by atoms with van der Waals surface area (Å²) < 4.78 is 0. The Morgan fingerprint density at radius 2 is 1.10 bits per heavy atom. The summed E-state index contributed by atoms with van der Waals surface area (Å²) in [4.78, 5) is 0. The van der Waals surface area contributed by atoms with Crippen molar-refractivity contribution in [3.05, 3.63) is 0 Å². The first-order valence-corrected chi connectivity index (χ1v) is 9.01. The van der Waals surface area contributed by atoms with E-state index in [1.807, 2.05) is 6.92 Å². The normalized spacial score (nSPS) is 11.8. The zero-order valence-electron chi connectivity index (χ0n) is 14.4. The molecule has 20 heavy (non-hydrogen) atoms. The maximum atomic E-state index is 9.08. The zero-order valence-corrected chi connectivity index (χ0v) is 14.4. The van der Waals surface area contributed by atoms with Crippen molar-refractivity contribution in [1.82, 2.24) is 0 Å². The highest BCUT2D eigenvalue weighted by atomic mass is 16.3. The Bertz CT molecular complexity index is 140. The van der Waals surface area contributed by atoms with E-state index in [1.165, 1.54) is 64.2 Å². The molecule has 0 aliphatic rings. The van der Waals surface area contributed by atoms with Crippen LogP contribution in [-0.4, -0.2) is 22.9 Å². The molecule has 0 aliphatic carbocycles. The van der Waals surface area contributed by atoms with Crippen molar-refractivity contribution in [2.24, 2.45) is 0 Å². The molecule has 0 amide bonds. The molecule has 0 fully saturated rings. The number of aliphatic hydroxyl groups is 2. The lowest BCUT2D eigenvalue weighted by Crippen LogP contribution is -2.02. The van der Waals surface area contributed by atoms with Gasteiger partial charge in [-0.1, -0.05) is 85.0 Å². The number of rotatable bonds is 13. The molecule has 0 saturated heterocycles. The summed E-state index contributed by atoms with van der Waals surface area (Å²) in [6.07, 6.45) is 15.9. The molecule has 2 heteroatoms. The van der Waals surface area contributed by atoms with Gasteiger partial charge in [-0.05, 0) is 19.3 Å². The van der Waals surface area contributed by atoms with Crippen molar-refractivity contribution in [3.8, 4) is 0 Å². The minimum Gasteiger partial charge on any atom is -0.396 e. The number of hydrogen-bond donors (Lipinski definition) is 2. The predicted octanol–water partition coefficient (Wildman–Crippen LogP) is 5.46. The molecule has 0 aromatic heterocycles. The SMILES string of the molecule is CCCCCC(O)CC.CCCCCCCCCCO. The predicted molar refractivity (Wildman–Crippen MR) is 90.1 cm³/mol. The quantitative estimate of drug-likeness (QED) is 0.442. The smallest absolute Gasteiger partial charge is 0.0537 e. The Labute approximate surface area is 128 Å². The van der Waals surface area contributed by atoms with Gasteiger partial charge in [0.25, 0.3) is 0 Å². The molecule has 0 aliphatic heterocycles. The summed E-state index contributed by atoms with van der Waals surface area (Å²) in [5.41, 5.74) is 0. The van der Waals surface area contributed by atoms with E-state index < -0.39 is 0 Å². The third kappa shape index (κ3) is 23.0. The van der Waals surface area contributed by atoms with Crippen molar-refractivity contribution in [3.63, 3.8) is 0 Å². The fourth-order valence-electron chi connectivity index (χ4n) is 2.08. The van der Waals surface area contributed by atoms with Crippen LogP contribution in [0, 0.1) is 0 Å². The van der Waals surface area contributed by atoms with E-state index >= 15 is 0 Å². The van der Waals surface area contributed by atoms with Gasteiger partial charge in [0.2, 0.25) is 0 Å². The molecular formula is C18H40O2. The van der Waals surface area contributed by atoms with Crippen molar-refractivity contribution >= 4 is 0 Å². The first kappa shape index (κ1) is 22.2. The van der Waals surface area contributed by atoms with E-state index in [2.05, 4.69) is 13.8 Å².